The SMILES string of the molecule is CC(C)(C)c1ccc(-c2nnc(-c3ccc(-c4ccccc4)cc3)n2-c2ccccc2)cc1.CC(C)(C)c1ccc(-c2nnc(-c3ccc(-c4ccccc4)cc3)o2)cc1.c1ccc(-c2nnc(-c3ccccc3)n2-c2cccc3ccccc23)cc1. The second kappa shape index (κ2) is 25.1. The normalized spacial score (nSPS) is 11.3. The molecule has 0 bridgehead atoms. The molecule has 424 valence electrons. The van der Waals surface area contributed by atoms with Crippen LogP contribution >= 0.6 is 0 Å². The Kier molecular flexibility index (Phi) is 16.3. The Bertz CT molecular complexity index is 4450. The van der Waals surface area contributed by atoms with Crippen LogP contribution in [0.3, 0.4) is 0 Å². The third-order valence-electron chi connectivity index (χ3n) is 15.3. The molecule has 0 atom stereocenters. The van der Waals surface area contributed by atoms with Gasteiger partial charge in [-0.05, 0) is 92.1 Å². The Hall–Kier alpha value is -10.9. The van der Waals surface area contributed by atoms with Gasteiger partial charge < -0.3 is 4.42 Å². The Morgan fingerprint density at radius 3 is 0.977 bits per heavy atom. The summed E-state index contributed by atoms with van der Waals surface area (Å²) in [5.41, 5.74) is 15.7. The van der Waals surface area contributed by atoms with Crippen molar-refractivity contribution in [3.8, 4) is 102 Å². The molecule has 0 saturated heterocycles. The molecule has 11 aromatic carbocycles. The van der Waals surface area contributed by atoms with Crippen LogP contribution in [0.15, 0.2) is 296 Å². The van der Waals surface area contributed by atoms with Crippen LogP contribution in [-0.2, 0) is 10.8 Å². The van der Waals surface area contributed by atoms with Crippen LogP contribution in [-0.4, -0.2) is 39.7 Å². The maximum absolute atomic E-state index is 5.90. The van der Waals surface area contributed by atoms with Crippen molar-refractivity contribution in [2.24, 2.45) is 0 Å². The summed E-state index contributed by atoms with van der Waals surface area (Å²) in [7, 11) is 0. The van der Waals surface area contributed by atoms with Crippen LogP contribution in [0.4, 0.5) is 0 Å². The Balaban J connectivity index is 0.000000128. The number of hydrogen-bond donors (Lipinski definition) is 0. The molecule has 0 aliphatic heterocycles. The molecule has 0 amide bonds. The molecule has 0 aliphatic carbocycles. The molecule has 3 aromatic heterocycles. The Morgan fingerprint density at radius 1 is 0.253 bits per heavy atom. The lowest BCUT2D eigenvalue weighted by Gasteiger charge is -2.19. The van der Waals surface area contributed by atoms with Gasteiger partial charge in [-0.3, -0.25) is 9.13 Å². The van der Waals surface area contributed by atoms with E-state index in [9.17, 15) is 0 Å². The summed E-state index contributed by atoms with van der Waals surface area (Å²) >= 11 is 0. The van der Waals surface area contributed by atoms with E-state index in [0.717, 1.165) is 73.6 Å². The lowest BCUT2D eigenvalue weighted by molar-refractivity contribution is 0.582. The topological polar surface area (TPSA) is 100 Å². The number of aromatic nitrogens is 8. The van der Waals surface area contributed by atoms with Crippen molar-refractivity contribution in [2.45, 2.75) is 52.4 Å². The van der Waals surface area contributed by atoms with Gasteiger partial charge in [-0.2, -0.15) is 0 Å². The van der Waals surface area contributed by atoms with Gasteiger partial charge in [-0.15, -0.1) is 30.6 Å². The van der Waals surface area contributed by atoms with Gasteiger partial charge >= 0.3 is 0 Å². The van der Waals surface area contributed by atoms with Crippen LogP contribution in [0.25, 0.3) is 113 Å². The van der Waals surface area contributed by atoms with Gasteiger partial charge in [0.15, 0.2) is 23.3 Å². The van der Waals surface area contributed by atoms with Crippen LogP contribution in [0, 0.1) is 0 Å². The van der Waals surface area contributed by atoms with Crippen molar-refractivity contribution >= 4 is 10.8 Å². The number of fused-ring (bicyclic) bond motifs is 1. The summed E-state index contributed by atoms with van der Waals surface area (Å²) < 4.78 is 10.2. The molecule has 14 aromatic rings. The smallest absolute Gasteiger partial charge is 0.248 e. The Morgan fingerprint density at radius 2 is 0.552 bits per heavy atom. The van der Waals surface area contributed by atoms with E-state index in [4.69, 9.17) is 4.42 Å². The highest BCUT2D eigenvalue weighted by Crippen LogP contribution is 2.35. The fraction of sp³-hybridized carbons (Fsp3) is 0.103. The van der Waals surface area contributed by atoms with E-state index in [-0.39, 0.29) is 10.8 Å². The first-order chi connectivity index (χ1) is 42.4. The zero-order valence-corrected chi connectivity index (χ0v) is 49.7. The van der Waals surface area contributed by atoms with Gasteiger partial charge in [-0.25, -0.2) is 0 Å². The molecule has 3 heterocycles. The zero-order chi connectivity index (χ0) is 59.7. The first-order valence-electron chi connectivity index (χ1n) is 29.4. The van der Waals surface area contributed by atoms with E-state index in [1.54, 1.807) is 0 Å². The summed E-state index contributed by atoms with van der Waals surface area (Å²) in [6, 6.07) is 99.9. The summed E-state index contributed by atoms with van der Waals surface area (Å²) in [6.07, 6.45) is 0. The minimum absolute atomic E-state index is 0.108. The van der Waals surface area contributed by atoms with Gasteiger partial charge in [0.2, 0.25) is 11.8 Å². The molecule has 0 aliphatic rings. The molecular formula is C78H66N8O. The molecule has 0 N–H and O–H groups in total. The summed E-state index contributed by atoms with van der Waals surface area (Å²) in [5.74, 6) is 4.42. The van der Waals surface area contributed by atoms with Gasteiger partial charge in [0.05, 0.1) is 5.69 Å². The monoisotopic (exact) mass is 1130 g/mol. The number of rotatable bonds is 10. The summed E-state index contributed by atoms with van der Waals surface area (Å²) in [6.45, 7) is 13.3. The first kappa shape index (κ1) is 56.6. The summed E-state index contributed by atoms with van der Waals surface area (Å²) in [5, 5.41) is 29.2. The minimum Gasteiger partial charge on any atom is -0.416 e. The average Bonchev–Trinajstić information content (AvgIpc) is 1.99. The molecule has 14 rings (SSSR count). The molecule has 9 heteroatoms. The highest BCUT2D eigenvalue weighted by atomic mass is 16.4. The fourth-order valence-corrected chi connectivity index (χ4v) is 10.5. The Labute approximate surface area is 509 Å². The van der Waals surface area contributed by atoms with Crippen molar-refractivity contribution in [1.82, 2.24) is 39.7 Å². The molecule has 9 nitrogen and oxygen atoms in total. The van der Waals surface area contributed by atoms with Crippen LogP contribution in [0.2, 0.25) is 0 Å². The first-order valence-corrected chi connectivity index (χ1v) is 29.4. The van der Waals surface area contributed by atoms with E-state index in [2.05, 4.69) is 269 Å². The van der Waals surface area contributed by atoms with Crippen molar-refractivity contribution < 1.29 is 4.42 Å². The quantitative estimate of drug-likeness (QED) is 0.134. The van der Waals surface area contributed by atoms with Crippen molar-refractivity contribution in [2.75, 3.05) is 0 Å². The highest BCUT2D eigenvalue weighted by molar-refractivity contribution is 5.91. The van der Waals surface area contributed by atoms with Crippen molar-refractivity contribution in [3.05, 3.63) is 302 Å². The molecule has 0 fully saturated rings. The van der Waals surface area contributed by atoms with E-state index in [0.29, 0.717) is 11.8 Å². The fourth-order valence-electron chi connectivity index (χ4n) is 10.5. The van der Waals surface area contributed by atoms with Crippen LogP contribution in [0.1, 0.15) is 52.7 Å². The number of nitrogens with zero attached hydrogens (tertiary/aromatic N) is 8. The highest BCUT2D eigenvalue weighted by Gasteiger charge is 2.22. The number of hydrogen-bond acceptors (Lipinski definition) is 7. The molecule has 87 heavy (non-hydrogen) atoms. The van der Waals surface area contributed by atoms with Gasteiger partial charge in [0, 0.05) is 44.5 Å². The third kappa shape index (κ3) is 12.8. The van der Waals surface area contributed by atoms with Crippen LogP contribution in [0.5, 0.6) is 0 Å². The predicted octanol–water partition coefficient (Wildman–Crippen LogP) is 19.7. The molecule has 0 unspecified atom stereocenters. The zero-order valence-electron chi connectivity index (χ0n) is 49.7. The van der Waals surface area contributed by atoms with Crippen molar-refractivity contribution in [3.63, 3.8) is 0 Å². The second-order valence-corrected chi connectivity index (χ2v) is 23.4. The number of benzene rings is 11. The van der Waals surface area contributed by atoms with Gasteiger partial charge in [-0.1, -0.05) is 290 Å². The van der Waals surface area contributed by atoms with E-state index in [1.807, 2.05) is 103 Å². The van der Waals surface area contributed by atoms with Crippen LogP contribution < -0.4 is 0 Å². The number of para-hydroxylation sites is 1. The van der Waals surface area contributed by atoms with E-state index < -0.39 is 0 Å². The summed E-state index contributed by atoms with van der Waals surface area (Å²) in [4.78, 5) is 0. The largest absolute Gasteiger partial charge is 0.416 e. The lowest BCUT2D eigenvalue weighted by Crippen LogP contribution is -2.10. The molecule has 0 saturated carbocycles. The van der Waals surface area contributed by atoms with E-state index in [1.165, 1.54) is 38.6 Å². The van der Waals surface area contributed by atoms with Gasteiger partial charge in [0.1, 0.15) is 0 Å². The van der Waals surface area contributed by atoms with E-state index >= 15 is 0 Å². The maximum Gasteiger partial charge on any atom is 0.248 e. The molecule has 0 radical (unpaired) electrons. The molecule has 0 spiro atoms. The van der Waals surface area contributed by atoms with Gasteiger partial charge in [0.25, 0.3) is 0 Å². The maximum atomic E-state index is 5.90. The molecular weight excluding hydrogens is 1060 g/mol. The third-order valence-corrected chi connectivity index (χ3v) is 15.3. The average molecular weight is 1130 g/mol. The lowest BCUT2D eigenvalue weighted by atomic mass is 9.86. The van der Waals surface area contributed by atoms with Crippen molar-refractivity contribution in [1.29, 1.82) is 0 Å². The standard InChI is InChI=1S/C30H27N3.C24H17N3.C24H22N2O/c1-30(2,3)26-20-18-25(19-21-26)29-32-31-28(33(29)27-12-8-5-9-13-27)24-16-14-23(15-17-24)22-10-6-4-7-11-22;1-3-11-19(12-4-1)23-25-26-24(20-13-5-2-6-14-20)27(23)22-17-9-15-18-10-7-8-16-21(18)22;1-24(2,3)21-15-13-20(14-16-21)23-26-25-22(27-23)19-11-9-18(10-12-19)17-7-5-4-6-8-17/h4-21H,1-3H3;1-17H;4-16H,1-3H3. The minimum atomic E-state index is 0.108. The predicted molar refractivity (Wildman–Crippen MR) is 355 cm³/mol. The second-order valence-electron chi connectivity index (χ2n) is 23.4.